The molecule has 1 unspecified atom stereocenters. The van der Waals surface area contributed by atoms with Crippen molar-refractivity contribution in [1.82, 2.24) is 5.32 Å². The minimum atomic E-state index is 0. The molecule has 0 amide bonds. The van der Waals surface area contributed by atoms with Crippen molar-refractivity contribution in [2.45, 2.75) is 19.3 Å². The van der Waals surface area contributed by atoms with Crippen LogP contribution in [0, 0.1) is 6.92 Å². The fourth-order valence-corrected chi connectivity index (χ4v) is 2.90. The Hall–Kier alpha value is -1.52. The van der Waals surface area contributed by atoms with Gasteiger partial charge in [-0.05, 0) is 60.3 Å². The van der Waals surface area contributed by atoms with Gasteiger partial charge in [-0.25, -0.2) is 0 Å². The molecule has 0 radical (unpaired) electrons. The number of rotatable bonds is 1. The van der Waals surface area contributed by atoms with Crippen LogP contribution >= 0.6 is 17.0 Å². The third-order valence-electron chi connectivity index (χ3n) is 4.05. The SMILES string of the molecule is Br.Cc1cc2c(cc1O)C(c1ccc(O)cc1)CNCC2. The summed E-state index contributed by atoms with van der Waals surface area (Å²) in [4.78, 5) is 0. The molecule has 0 saturated carbocycles. The average molecular weight is 350 g/mol. The van der Waals surface area contributed by atoms with Gasteiger partial charge in [0.25, 0.3) is 0 Å². The van der Waals surface area contributed by atoms with Crippen LogP contribution in [0.15, 0.2) is 36.4 Å². The van der Waals surface area contributed by atoms with Crippen LogP contribution in [0.3, 0.4) is 0 Å². The van der Waals surface area contributed by atoms with Crippen molar-refractivity contribution in [3.05, 3.63) is 58.7 Å². The van der Waals surface area contributed by atoms with E-state index >= 15 is 0 Å². The zero-order chi connectivity index (χ0) is 14.1. The van der Waals surface area contributed by atoms with Crippen molar-refractivity contribution in [3.63, 3.8) is 0 Å². The Kier molecular flexibility index (Phi) is 4.91. The van der Waals surface area contributed by atoms with Crippen molar-refractivity contribution >= 4 is 17.0 Å². The maximum Gasteiger partial charge on any atom is 0.118 e. The van der Waals surface area contributed by atoms with Crippen molar-refractivity contribution in [3.8, 4) is 11.5 Å². The summed E-state index contributed by atoms with van der Waals surface area (Å²) in [5.74, 6) is 0.844. The Labute approximate surface area is 135 Å². The lowest BCUT2D eigenvalue weighted by Crippen LogP contribution is -2.20. The number of aryl methyl sites for hydroxylation is 1. The maximum atomic E-state index is 10.0. The van der Waals surface area contributed by atoms with Gasteiger partial charge in [0, 0.05) is 12.5 Å². The predicted octanol–water partition coefficient (Wildman–Crippen LogP) is 3.26. The number of aromatic hydroxyl groups is 2. The largest absolute Gasteiger partial charge is 0.508 e. The molecule has 3 nitrogen and oxygen atoms in total. The summed E-state index contributed by atoms with van der Waals surface area (Å²) in [7, 11) is 0. The second-order valence-corrected chi connectivity index (χ2v) is 5.44. The summed E-state index contributed by atoms with van der Waals surface area (Å²) in [5.41, 5.74) is 4.56. The number of phenols is 2. The molecule has 3 rings (SSSR count). The first-order valence-corrected chi connectivity index (χ1v) is 6.97. The van der Waals surface area contributed by atoms with E-state index in [9.17, 15) is 10.2 Å². The summed E-state index contributed by atoms with van der Waals surface area (Å²) in [5, 5.41) is 22.9. The van der Waals surface area contributed by atoms with E-state index in [0.29, 0.717) is 5.75 Å². The highest BCUT2D eigenvalue weighted by Crippen LogP contribution is 2.33. The molecule has 112 valence electrons. The zero-order valence-corrected chi connectivity index (χ0v) is 13.7. The third-order valence-corrected chi connectivity index (χ3v) is 4.05. The van der Waals surface area contributed by atoms with Crippen molar-refractivity contribution in [1.29, 1.82) is 0 Å². The average Bonchev–Trinajstić information content (AvgIpc) is 2.63. The number of hydrogen-bond donors (Lipinski definition) is 3. The van der Waals surface area contributed by atoms with Gasteiger partial charge in [0.2, 0.25) is 0 Å². The van der Waals surface area contributed by atoms with Crippen LogP contribution in [0.5, 0.6) is 11.5 Å². The van der Waals surface area contributed by atoms with E-state index in [1.165, 1.54) is 11.1 Å². The van der Waals surface area contributed by atoms with Gasteiger partial charge < -0.3 is 15.5 Å². The number of phenolic OH excluding ortho intramolecular Hbond substituents is 2. The third kappa shape index (κ3) is 3.22. The first kappa shape index (κ1) is 15.9. The molecule has 1 heterocycles. The van der Waals surface area contributed by atoms with E-state index in [0.717, 1.165) is 30.6 Å². The lowest BCUT2D eigenvalue weighted by atomic mass is 9.87. The second kappa shape index (κ2) is 6.50. The minimum Gasteiger partial charge on any atom is -0.508 e. The Morgan fingerprint density at radius 2 is 1.81 bits per heavy atom. The fourth-order valence-electron chi connectivity index (χ4n) is 2.90. The van der Waals surface area contributed by atoms with Gasteiger partial charge in [-0.3, -0.25) is 0 Å². The number of hydrogen-bond acceptors (Lipinski definition) is 3. The molecule has 3 N–H and O–H groups in total. The van der Waals surface area contributed by atoms with Crippen LogP contribution in [0.1, 0.15) is 28.2 Å². The van der Waals surface area contributed by atoms with Crippen LogP contribution in [-0.4, -0.2) is 23.3 Å². The monoisotopic (exact) mass is 349 g/mol. The number of benzene rings is 2. The van der Waals surface area contributed by atoms with Crippen molar-refractivity contribution < 1.29 is 10.2 Å². The molecule has 0 fully saturated rings. The number of halogens is 1. The Balaban J connectivity index is 0.00000161. The summed E-state index contributed by atoms with van der Waals surface area (Å²) >= 11 is 0. The van der Waals surface area contributed by atoms with Gasteiger partial charge in [0.05, 0.1) is 0 Å². The molecule has 21 heavy (non-hydrogen) atoms. The molecular formula is C17H20BrNO2. The van der Waals surface area contributed by atoms with E-state index in [4.69, 9.17) is 0 Å². The van der Waals surface area contributed by atoms with Gasteiger partial charge in [0.15, 0.2) is 0 Å². The lowest BCUT2D eigenvalue weighted by molar-refractivity contribution is 0.469. The Bertz CT molecular complexity index is 625. The number of nitrogens with one attached hydrogen (secondary N) is 1. The van der Waals surface area contributed by atoms with Crippen molar-refractivity contribution in [2.24, 2.45) is 0 Å². The summed E-state index contributed by atoms with van der Waals surface area (Å²) in [6, 6.07) is 11.3. The number of fused-ring (bicyclic) bond motifs is 1. The standard InChI is InChI=1S/C17H19NO2.BrH/c1-11-8-13-6-7-18-10-16(15(13)9-17(11)20)12-2-4-14(19)5-3-12;/h2-5,8-9,16,18-20H,6-7,10H2,1H3;1H. The van der Waals surface area contributed by atoms with Crippen molar-refractivity contribution in [2.75, 3.05) is 13.1 Å². The summed E-state index contributed by atoms with van der Waals surface area (Å²) in [6.07, 6.45) is 0.977. The molecule has 2 aromatic rings. The smallest absolute Gasteiger partial charge is 0.118 e. The van der Waals surface area contributed by atoms with E-state index in [1.807, 2.05) is 25.1 Å². The molecule has 1 aliphatic heterocycles. The Morgan fingerprint density at radius 3 is 2.52 bits per heavy atom. The quantitative estimate of drug-likeness (QED) is 0.740. The summed E-state index contributed by atoms with van der Waals surface area (Å²) < 4.78 is 0. The summed E-state index contributed by atoms with van der Waals surface area (Å²) in [6.45, 7) is 3.73. The predicted molar refractivity (Wildman–Crippen MR) is 89.7 cm³/mol. The van der Waals surface area contributed by atoms with Crippen LogP contribution in [0.25, 0.3) is 0 Å². The van der Waals surface area contributed by atoms with Gasteiger partial charge in [0.1, 0.15) is 11.5 Å². The molecule has 0 spiro atoms. The van der Waals surface area contributed by atoms with Gasteiger partial charge in [-0.2, -0.15) is 0 Å². The van der Waals surface area contributed by atoms with E-state index < -0.39 is 0 Å². The molecule has 0 aliphatic carbocycles. The van der Waals surface area contributed by atoms with Crippen LogP contribution in [0.2, 0.25) is 0 Å². The first-order valence-electron chi connectivity index (χ1n) is 6.97. The highest BCUT2D eigenvalue weighted by Gasteiger charge is 2.21. The van der Waals surface area contributed by atoms with E-state index in [2.05, 4.69) is 11.4 Å². The molecule has 0 bridgehead atoms. The van der Waals surface area contributed by atoms with Crippen LogP contribution in [0.4, 0.5) is 0 Å². The first-order chi connectivity index (χ1) is 9.65. The van der Waals surface area contributed by atoms with E-state index in [1.54, 1.807) is 12.1 Å². The zero-order valence-electron chi connectivity index (χ0n) is 12.0. The molecule has 2 aromatic carbocycles. The molecule has 0 saturated heterocycles. The highest BCUT2D eigenvalue weighted by atomic mass is 79.9. The van der Waals surface area contributed by atoms with Gasteiger partial charge >= 0.3 is 0 Å². The fraction of sp³-hybridized carbons (Fsp3) is 0.294. The lowest BCUT2D eigenvalue weighted by Gasteiger charge is -2.19. The maximum absolute atomic E-state index is 10.0. The highest BCUT2D eigenvalue weighted by molar-refractivity contribution is 8.93. The molecule has 1 atom stereocenters. The Morgan fingerprint density at radius 1 is 1.10 bits per heavy atom. The van der Waals surface area contributed by atoms with Gasteiger partial charge in [-0.1, -0.05) is 18.2 Å². The minimum absolute atomic E-state index is 0. The molecule has 4 heteroatoms. The van der Waals surface area contributed by atoms with Crippen LogP contribution in [-0.2, 0) is 6.42 Å². The molecule has 0 aromatic heterocycles. The van der Waals surface area contributed by atoms with Crippen LogP contribution < -0.4 is 5.32 Å². The normalized spacial score (nSPS) is 17.5. The topological polar surface area (TPSA) is 52.5 Å². The van der Waals surface area contributed by atoms with Gasteiger partial charge in [-0.15, -0.1) is 17.0 Å². The molecule has 1 aliphatic rings. The van der Waals surface area contributed by atoms with E-state index in [-0.39, 0.29) is 28.6 Å². The molecular weight excluding hydrogens is 330 g/mol. The second-order valence-electron chi connectivity index (χ2n) is 5.44.